The Morgan fingerprint density at radius 2 is 1.57 bits per heavy atom. The Kier molecular flexibility index (Phi) is 7.29. The van der Waals surface area contributed by atoms with Gasteiger partial charge in [0.25, 0.3) is 0 Å². The maximum atomic E-state index is 3.98. The zero-order valence-corrected chi connectivity index (χ0v) is 15.8. The molecule has 122 valence electrons. The number of benzene rings is 1. The van der Waals surface area contributed by atoms with Crippen molar-refractivity contribution >= 4 is 8.07 Å². The summed E-state index contributed by atoms with van der Waals surface area (Å²) in [5.74, 6) is 3.63. The molecule has 0 amide bonds. The molecule has 0 aromatic heterocycles. The maximum Gasteiger partial charge on any atom is 0.129 e. The van der Waals surface area contributed by atoms with E-state index in [1.807, 2.05) is 24.3 Å². The number of hydrogen-bond donors (Lipinski definition) is 0. The van der Waals surface area contributed by atoms with E-state index in [0.29, 0.717) is 0 Å². The Balaban J connectivity index is 3.56. The van der Waals surface area contributed by atoms with Crippen LogP contribution in [-0.4, -0.2) is 26.1 Å². The monoisotopic (exact) mass is 323 g/mol. The molecule has 2 heteroatoms. The van der Waals surface area contributed by atoms with E-state index in [0.717, 1.165) is 19.5 Å². The molecule has 0 spiro atoms. The smallest absolute Gasteiger partial charge is 0.129 e. The van der Waals surface area contributed by atoms with Gasteiger partial charge >= 0.3 is 0 Å². The second-order valence-corrected chi connectivity index (χ2v) is 11.5. The van der Waals surface area contributed by atoms with Gasteiger partial charge in [-0.2, -0.15) is 0 Å². The van der Waals surface area contributed by atoms with Crippen LogP contribution in [-0.2, 0) is 5.54 Å². The molecule has 1 unspecified atom stereocenters. The van der Waals surface area contributed by atoms with Gasteiger partial charge in [-0.3, -0.25) is 4.90 Å². The van der Waals surface area contributed by atoms with Crippen molar-refractivity contribution in [1.29, 1.82) is 0 Å². The van der Waals surface area contributed by atoms with Crippen LogP contribution in [0, 0.1) is 11.5 Å². The molecule has 0 bridgehead atoms. The summed E-state index contributed by atoms with van der Waals surface area (Å²) in [4.78, 5) is 2.33. The van der Waals surface area contributed by atoms with E-state index >= 15 is 0 Å². The summed E-state index contributed by atoms with van der Waals surface area (Å²) in [5.41, 5.74) is 4.39. The standard InChI is InChI=1S/C21H29NSi/c1-7-15-21(16-19-23(4,5)6,20-13-11-10-12-14-20)22(17-8-2)18-9-3/h7-14H,1-3,15,17-18H2,4-6H3. The van der Waals surface area contributed by atoms with Crippen molar-refractivity contribution in [3.05, 3.63) is 73.9 Å². The maximum absolute atomic E-state index is 3.98. The zero-order valence-electron chi connectivity index (χ0n) is 14.8. The van der Waals surface area contributed by atoms with Crippen molar-refractivity contribution < 1.29 is 0 Å². The summed E-state index contributed by atoms with van der Waals surface area (Å²) in [6.07, 6.45) is 6.60. The van der Waals surface area contributed by atoms with E-state index in [2.05, 4.69) is 80.0 Å². The molecule has 23 heavy (non-hydrogen) atoms. The first-order valence-corrected chi connectivity index (χ1v) is 11.6. The van der Waals surface area contributed by atoms with Crippen molar-refractivity contribution in [2.45, 2.75) is 31.6 Å². The molecule has 0 radical (unpaired) electrons. The lowest BCUT2D eigenvalue weighted by Gasteiger charge is -2.39. The molecule has 0 aliphatic carbocycles. The molecule has 1 aromatic rings. The van der Waals surface area contributed by atoms with Gasteiger partial charge in [0.2, 0.25) is 0 Å². The van der Waals surface area contributed by atoms with Crippen LogP contribution in [0.1, 0.15) is 12.0 Å². The highest BCUT2D eigenvalue weighted by Gasteiger charge is 2.35. The number of hydrogen-bond acceptors (Lipinski definition) is 1. The van der Waals surface area contributed by atoms with Crippen LogP contribution in [0.4, 0.5) is 0 Å². The average Bonchev–Trinajstić information content (AvgIpc) is 2.51. The van der Waals surface area contributed by atoms with Crippen LogP contribution in [0.2, 0.25) is 19.6 Å². The molecule has 1 aromatic carbocycles. The Bertz CT molecular complexity index is 576. The minimum absolute atomic E-state index is 0.383. The topological polar surface area (TPSA) is 3.24 Å². The first kappa shape index (κ1) is 19.2. The van der Waals surface area contributed by atoms with E-state index in [1.54, 1.807) is 0 Å². The molecule has 0 N–H and O–H groups in total. The Morgan fingerprint density at radius 3 is 2.00 bits per heavy atom. The molecule has 0 fully saturated rings. The summed E-state index contributed by atoms with van der Waals surface area (Å²) >= 11 is 0. The van der Waals surface area contributed by atoms with Crippen LogP contribution in [0.25, 0.3) is 0 Å². The zero-order chi connectivity index (χ0) is 17.3. The minimum Gasteiger partial charge on any atom is -0.276 e. The van der Waals surface area contributed by atoms with Crippen LogP contribution in [0.15, 0.2) is 68.3 Å². The van der Waals surface area contributed by atoms with E-state index in [1.165, 1.54) is 5.56 Å². The predicted molar refractivity (Wildman–Crippen MR) is 106 cm³/mol. The Morgan fingerprint density at radius 1 is 1.00 bits per heavy atom. The van der Waals surface area contributed by atoms with Crippen molar-refractivity contribution in [2.75, 3.05) is 13.1 Å². The van der Waals surface area contributed by atoms with Crippen molar-refractivity contribution in [3.63, 3.8) is 0 Å². The fourth-order valence-corrected chi connectivity index (χ4v) is 3.13. The highest BCUT2D eigenvalue weighted by atomic mass is 28.3. The first-order valence-electron chi connectivity index (χ1n) is 8.07. The van der Waals surface area contributed by atoms with E-state index in [9.17, 15) is 0 Å². The van der Waals surface area contributed by atoms with Crippen LogP contribution in [0.5, 0.6) is 0 Å². The van der Waals surface area contributed by atoms with Gasteiger partial charge in [0.15, 0.2) is 0 Å². The van der Waals surface area contributed by atoms with Gasteiger partial charge in [-0.15, -0.1) is 25.3 Å². The molecular formula is C21H29NSi. The highest BCUT2D eigenvalue weighted by molar-refractivity contribution is 6.83. The van der Waals surface area contributed by atoms with Gasteiger partial charge in [-0.05, 0) is 12.0 Å². The van der Waals surface area contributed by atoms with Crippen molar-refractivity contribution in [3.8, 4) is 11.5 Å². The number of nitrogens with zero attached hydrogens (tertiary/aromatic N) is 1. The molecular weight excluding hydrogens is 294 g/mol. The molecule has 1 rings (SSSR count). The molecule has 1 atom stereocenters. The quantitative estimate of drug-likeness (QED) is 0.369. The summed E-state index contributed by atoms with van der Waals surface area (Å²) in [5, 5.41) is 0. The van der Waals surface area contributed by atoms with Gasteiger partial charge in [-0.25, -0.2) is 0 Å². The van der Waals surface area contributed by atoms with E-state index in [4.69, 9.17) is 0 Å². The first-order chi connectivity index (χ1) is 10.9. The lowest BCUT2D eigenvalue weighted by molar-refractivity contribution is 0.176. The van der Waals surface area contributed by atoms with E-state index in [-0.39, 0.29) is 5.54 Å². The SMILES string of the molecule is C=CCN(CC=C)C(C#C[Si](C)(C)C)(CC=C)c1ccccc1. The highest BCUT2D eigenvalue weighted by Crippen LogP contribution is 2.32. The summed E-state index contributed by atoms with van der Waals surface area (Å²) in [6, 6.07) is 10.5. The normalized spacial score (nSPS) is 13.6. The van der Waals surface area contributed by atoms with Crippen molar-refractivity contribution in [2.24, 2.45) is 0 Å². The summed E-state index contributed by atoms with van der Waals surface area (Å²) in [6.45, 7) is 20.2. The van der Waals surface area contributed by atoms with Gasteiger partial charge in [-0.1, -0.05) is 74.1 Å². The predicted octanol–water partition coefficient (Wildman–Crippen LogP) is 5.01. The van der Waals surface area contributed by atoms with Crippen molar-refractivity contribution in [1.82, 2.24) is 4.90 Å². The molecule has 0 saturated heterocycles. The fraction of sp³-hybridized carbons (Fsp3) is 0.333. The fourth-order valence-electron chi connectivity index (χ4n) is 2.54. The third kappa shape index (κ3) is 5.39. The van der Waals surface area contributed by atoms with E-state index < -0.39 is 8.07 Å². The lowest BCUT2D eigenvalue weighted by Crippen LogP contribution is -2.45. The lowest BCUT2D eigenvalue weighted by atomic mass is 9.85. The largest absolute Gasteiger partial charge is 0.276 e. The second kappa shape index (κ2) is 8.72. The number of rotatable bonds is 8. The summed E-state index contributed by atoms with van der Waals surface area (Å²) < 4.78 is 0. The van der Waals surface area contributed by atoms with Gasteiger partial charge < -0.3 is 0 Å². The Labute approximate surface area is 143 Å². The molecule has 0 aliphatic heterocycles. The van der Waals surface area contributed by atoms with Crippen LogP contribution < -0.4 is 0 Å². The van der Waals surface area contributed by atoms with Gasteiger partial charge in [0.1, 0.15) is 13.6 Å². The van der Waals surface area contributed by atoms with Gasteiger partial charge in [0.05, 0.1) is 0 Å². The molecule has 1 nitrogen and oxygen atoms in total. The third-order valence-corrected chi connectivity index (χ3v) is 4.45. The molecule has 0 heterocycles. The second-order valence-electron chi connectivity index (χ2n) is 6.70. The van der Waals surface area contributed by atoms with Crippen LogP contribution >= 0.6 is 0 Å². The molecule has 0 saturated carbocycles. The van der Waals surface area contributed by atoms with Crippen LogP contribution in [0.3, 0.4) is 0 Å². The summed E-state index contributed by atoms with van der Waals surface area (Å²) in [7, 11) is -1.49. The average molecular weight is 324 g/mol. The van der Waals surface area contributed by atoms with Gasteiger partial charge in [0, 0.05) is 13.1 Å². The Hall–Kier alpha value is -1.82. The molecule has 0 aliphatic rings. The minimum atomic E-state index is -1.49. The third-order valence-electron chi connectivity index (χ3n) is 3.57.